The van der Waals surface area contributed by atoms with Crippen LogP contribution in [0.4, 0.5) is 0 Å². The van der Waals surface area contributed by atoms with Gasteiger partial charge in [-0.1, -0.05) is 0 Å². The third-order valence-corrected chi connectivity index (χ3v) is 1.96. The monoisotopic (exact) mass is 196 g/mol. The fourth-order valence-corrected chi connectivity index (χ4v) is 1.24. The van der Waals surface area contributed by atoms with E-state index >= 15 is 0 Å². The summed E-state index contributed by atoms with van der Waals surface area (Å²) in [6.07, 6.45) is 3.96. The molecular formula is C10H16N2O2. The molecule has 78 valence electrons. The van der Waals surface area contributed by atoms with Crippen molar-refractivity contribution in [2.24, 2.45) is 0 Å². The Balaban J connectivity index is 2.47. The number of hydrogen-bond donors (Lipinski definition) is 0. The molecule has 0 radical (unpaired) electrons. The predicted molar refractivity (Wildman–Crippen MR) is 53.1 cm³/mol. The Morgan fingerprint density at radius 3 is 3.00 bits per heavy atom. The fourth-order valence-electron chi connectivity index (χ4n) is 1.24. The summed E-state index contributed by atoms with van der Waals surface area (Å²) < 4.78 is 6.99. The van der Waals surface area contributed by atoms with E-state index in [0.717, 1.165) is 12.4 Å². The lowest BCUT2D eigenvalue weighted by molar-refractivity contribution is -0.122. The lowest BCUT2D eigenvalue weighted by atomic mass is 10.3. The summed E-state index contributed by atoms with van der Waals surface area (Å²) in [5, 5.41) is 0. The second-order valence-corrected chi connectivity index (χ2v) is 2.98. The molecule has 0 bridgehead atoms. The molecule has 0 aliphatic rings. The maximum absolute atomic E-state index is 11.4. The highest BCUT2D eigenvalue weighted by atomic mass is 16.5. The van der Waals surface area contributed by atoms with Crippen LogP contribution in [0.5, 0.6) is 0 Å². The first-order chi connectivity index (χ1) is 6.77. The summed E-state index contributed by atoms with van der Waals surface area (Å²) >= 11 is 0. The van der Waals surface area contributed by atoms with E-state index in [-0.39, 0.29) is 12.4 Å². The normalized spacial score (nSPS) is 10.4. The molecule has 1 aromatic rings. The first kappa shape index (κ1) is 10.9. The van der Waals surface area contributed by atoms with Crippen LogP contribution in [-0.4, -0.2) is 28.5 Å². The molecule has 0 saturated heterocycles. The molecule has 1 heterocycles. The van der Waals surface area contributed by atoms with Crippen LogP contribution < -0.4 is 0 Å². The van der Waals surface area contributed by atoms with E-state index in [4.69, 9.17) is 4.74 Å². The molecular weight excluding hydrogens is 180 g/mol. The molecule has 0 saturated carbocycles. The summed E-state index contributed by atoms with van der Waals surface area (Å²) in [5.41, 5.74) is 0. The van der Waals surface area contributed by atoms with Crippen LogP contribution in [-0.2, 0) is 22.5 Å². The smallest absolute Gasteiger partial charge is 0.165 e. The van der Waals surface area contributed by atoms with Gasteiger partial charge in [-0.05, 0) is 13.8 Å². The number of ether oxygens (including phenoxy) is 1. The molecule has 1 rings (SSSR count). The van der Waals surface area contributed by atoms with Crippen molar-refractivity contribution in [3.05, 3.63) is 18.2 Å². The Morgan fingerprint density at radius 2 is 2.36 bits per heavy atom. The van der Waals surface area contributed by atoms with E-state index in [1.54, 1.807) is 6.20 Å². The van der Waals surface area contributed by atoms with Crippen LogP contribution in [0.2, 0.25) is 0 Å². The zero-order valence-corrected chi connectivity index (χ0v) is 8.69. The van der Waals surface area contributed by atoms with Crippen molar-refractivity contribution < 1.29 is 9.53 Å². The highest BCUT2D eigenvalue weighted by molar-refractivity contribution is 5.81. The molecule has 0 aliphatic heterocycles. The van der Waals surface area contributed by atoms with Gasteiger partial charge in [0.25, 0.3) is 0 Å². The minimum absolute atomic E-state index is 0.0766. The second kappa shape index (κ2) is 5.54. The Labute approximate surface area is 83.9 Å². The Hall–Kier alpha value is -1.16. The van der Waals surface area contributed by atoms with E-state index in [9.17, 15) is 4.79 Å². The molecule has 0 atom stereocenters. The first-order valence-electron chi connectivity index (χ1n) is 4.87. The summed E-state index contributed by atoms with van der Waals surface area (Å²) in [6, 6.07) is 0. The van der Waals surface area contributed by atoms with Gasteiger partial charge in [0.15, 0.2) is 5.78 Å². The summed E-state index contributed by atoms with van der Waals surface area (Å²) in [7, 11) is 0. The zero-order chi connectivity index (χ0) is 10.4. The number of hydrogen-bond acceptors (Lipinski definition) is 3. The summed E-state index contributed by atoms with van der Waals surface area (Å²) in [4.78, 5) is 15.5. The minimum atomic E-state index is 0.0766. The zero-order valence-electron chi connectivity index (χ0n) is 8.69. The molecule has 0 aliphatic carbocycles. The number of ketones is 1. The third-order valence-electron chi connectivity index (χ3n) is 1.96. The molecule has 0 aromatic carbocycles. The largest absolute Gasteiger partial charge is 0.374 e. The summed E-state index contributed by atoms with van der Waals surface area (Å²) in [5.74, 6) is 0.893. The SMILES string of the molecule is CCOCC(=O)Cc1nccn1CC. The standard InChI is InChI=1S/C10H16N2O2/c1-3-12-6-5-11-10(12)7-9(13)8-14-4-2/h5-6H,3-4,7-8H2,1-2H3. The summed E-state index contributed by atoms with van der Waals surface area (Å²) in [6.45, 7) is 5.51. The molecule has 0 amide bonds. The highest BCUT2D eigenvalue weighted by Crippen LogP contribution is 1.99. The van der Waals surface area contributed by atoms with Crippen molar-refractivity contribution >= 4 is 5.78 Å². The van der Waals surface area contributed by atoms with Gasteiger partial charge in [0.1, 0.15) is 12.4 Å². The van der Waals surface area contributed by atoms with Crippen LogP contribution in [0.1, 0.15) is 19.7 Å². The van der Waals surface area contributed by atoms with Crippen molar-refractivity contribution in [2.75, 3.05) is 13.2 Å². The molecule has 14 heavy (non-hydrogen) atoms. The van der Waals surface area contributed by atoms with E-state index in [1.165, 1.54) is 0 Å². The van der Waals surface area contributed by atoms with Crippen LogP contribution >= 0.6 is 0 Å². The van der Waals surface area contributed by atoms with Gasteiger partial charge >= 0.3 is 0 Å². The number of nitrogens with zero attached hydrogens (tertiary/aromatic N) is 2. The van der Waals surface area contributed by atoms with Gasteiger partial charge < -0.3 is 9.30 Å². The van der Waals surface area contributed by atoms with Crippen LogP contribution in [0.25, 0.3) is 0 Å². The van der Waals surface area contributed by atoms with Crippen LogP contribution in [0, 0.1) is 0 Å². The first-order valence-corrected chi connectivity index (χ1v) is 4.87. The molecule has 0 N–H and O–H groups in total. The third kappa shape index (κ3) is 2.96. The van der Waals surface area contributed by atoms with Crippen LogP contribution in [0.15, 0.2) is 12.4 Å². The molecule has 0 fully saturated rings. The highest BCUT2D eigenvalue weighted by Gasteiger charge is 2.07. The van der Waals surface area contributed by atoms with E-state index in [1.807, 2.05) is 24.6 Å². The maximum Gasteiger partial charge on any atom is 0.165 e. The average molecular weight is 196 g/mol. The van der Waals surface area contributed by atoms with Gasteiger partial charge in [-0.25, -0.2) is 4.98 Å². The molecule has 4 heteroatoms. The van der Waals surface area contributed by atoms with Gasteiger partial charge in [0.2, 0.25) is 0 Å². The number of rotatable bonds is 6. The lowest BCUT2D eigenvalue weighted by Gasteiger charge is -2.03. The number of carbonyl (C=O) groups is 1. The van der Waals surface area contributed by atoms with Gasteiger partial charge in [0.05, 0.1) is 6.42 Å². The number of Topliss-reactive ketones (excluding diaryl/α,β-unsaturated/α-hetero) is 1. The second-order valence-electron chi connectivity index (χ2n) is 2.98. The number of aromatic nitrogens is 2. The van der Waals surface area contributed by atoms with E-state index < -0.39 is 0 Å². The molecule has 0 unspecified atom stereocenters. The van der Waals surface area contributed by atoms with Crippen molar-refractivity contribution in [1.29, 1.82) is 0 Å². The number of aryl methyl sites for hydroxylation is 1. The number of carbonyl (C=O) groups excluding carboxylic acids is 1. The number of imidazole rings is 1. The maximum atomic E-state index is 11.4. The Kier molecular flexibility index (Phi) is 4.32. The average Bonchev–Trinajstić information content (AvgIpc) is 2.62. The van der Waals surface area contributed by atoms with Gasteiger partial charge in [0, 0.05) is 25.5 Å². The minimum Gasteiger partial charge on any atom is -0.374 e. The lowest BCUT2D eigenvalue weighted by Crippen LogP contribution is -2.14. The Morgan fingerprint density at radius 1 is 1.57 bits per heavy atom. The predicted octanol–water partition coefficient (Wildman–Crippen LogP) is 1.05. The van der Waals surface area contributed by atoms with Gasteiger partial charge in [-0.15, -0.1) is 0 Å². The quantitative estimate of drug-likeness (QED) is 0.683. The fraction of sp³-hybridized carbons (Fsp3) is 0.600. The van der Waals surface area contributed by atoms with Crippen molar-refractivity contribution in [3.8, 4) is 0 Å². The van der Waals surface area contributed by atoms with Gasteiger partial charge in [-0.2, -0.15) is 0 Å². The molecule has 4 nitrogen and oxygen atoms in total. The topological polar surface area (TPSA) is 44.1 Å². The molecule has 0 spiro atoms. The van der Waals surface area contributed by atoms with E-state index in [2.05, 4.69) is 4.98 Å². The molecule has 1 aromatic heterocycles. The van der Waals surface area contributed by atoms with E-state index in [0.29, 0.717) is 13.0 Å². The van der Waals surface area contributed by atoms with Crippen molar-refractivity contribution in [3.63, 3.8) is 0 Å². The van der Waals surface area contributed by atoms with Crippen molar-refractivity contribution in [2.45, 2.75) is 26.8 Å². The van der Waals surface area contributed by atoms with Crippen molar-refractivity contribution in [1.82, 2.24) is 9.55 Å². The van der Waals surface area contributed by atoms with Gasteiger partial charge in [-0.3, -0.25) is 4.79 Å². The van der Waals surface area contributed by atoms with Crippen LogP contribution in [0.3, 0.4) is 0 Å². The Bertz CT molecular complexity index is 294.